The van der Waals surface area contributed by atoms with Gasteiger partial charge in [0.05, 0.1) is 5.69 Å². The highest BCUT2D eigenvalue weighted by Crippen LogP contribution is 2.40. The van der Waals surface area contributed by atoms with Crippen LogP contribution in [0.4, 0.5) is 5.69 Å². The van der Waals surface area contributed by atoms with E-state index < -0.39 is 0 Å². The molecule has 0 spiro atoms. The van der Waals surface area contributed by atoms with E-state index >= 15 is 0 Å². The van der Waals surface area contributed by atoms with Crippen molar-refractivity contribution in [3.05, 3.63) is 41.3 Å². The largest absolute Gasteiger partial charge is 0.492 e. The molecule has 2 aromatic rings. The van der Waals surface area contributed by atoms with Crippen LogP contribution in [0.15, 0.2) is 29.3 Å². The summed E-state index contributed by atoms with van der Waals surface area (Å²) in [5, 5.41) is 9.88. The van der Waals surface area contributed by atoms with E-state index in [1.54, 1.807) is 0 Å². The van der Waals surface area contributed by atoms with Crippen molar-refractivity contribution in [3.8, 4) is 5.88 Å². The van der Waals surface area contributed by atoms with Crippen LogP contribution in [-0.4, -0.2) is 21.3 Å². The van der Waals surface area contributed by atoms with Gasteiger partial charge >= 0.3 is 0 Å². The molecule has 0 bridgehead atoms. The summed E-state index contributed by atoms with van der Waals surface area (Å²) in [4.78, 5) is 11.7. The summed E-state index contributed by atoms with van der Waals surface area (Å²) in [6.07, 6.45) is 6.05. The number of rotatable bonds is 2. The maximum Gasteiger partial charge on any atom is 0.237 e. The first kappa shape index (κ1) is 10.6. The van der Waals surface area contributed by atoms with Crippen molar-refractivity contribution in [2.75, 3.05) is 0 Å². The molecule has 1 aromatic heterocycles. The molecule has 1 aliphatic heterocycles. The van der Waals surface area contributed by atoms with E-state index in [0.29, 0.717) is 11.6 Å². The van der Waals surface area contributed by atoms with Gasteiger partial charge in [-0.1, -0.05) is 18.2 Å². The van der Waals surface area contributed by atoms with Crippen LogP contribution in [0.5, 0.6) is 5.88 Å². The standard InChI is InChI=1S/C15H13N3O/c19-15-13(17-14(18-15)9-5-6-9)7-10-8-16-12-4-2-1-3-11(10)12/h1-4,7-9,19H,5-6H2,(H,17,18)/b10-7+. The minimum atomic E-state index is 0.0761. The van der Waals surface area contributed by atoms with Gasteiger partial charge in [-0.25, -0.2) is 0 Å². The summed E-state index contributed by atoms with van der Waals surface area (Å²) in [6.45, 7) is 0. The number of allylic oxidation sites excluding steroid dienone is 1. The van der Waals surface area contributed by atoms with Crippen molar-refractivity contribution >= 4 is 23.6 Å². The van der Waals surface area contributed by atoms with Crippen LogP contribution in [0.1, 0.15) is 35.8 Å². The molecule has 0 unspecified atom stereocenters. The van der Waals surface area contributed by atoms with Crippen molar-refractivity contribution in [3.63, 3.8) is 0 Å². The third-order valence-corrected chi connectivity index (χ3v) is 3.55. The van der Waals surface area contributed by atoms with Gasteiger partial charge < -0.3 is 10.1 Å². The molecule has 2 N–H and O–H groups in total. The highest BCUT2D eigenvalue weighted by atomic mass is 16.3. The number of aromatic nitrogens is 2. The minimum Gasteiger partial charge on any atom is -0.492 e. The number of fused-ring (bicyclic) bond motifs is 1. The zero-order valence-electron chi connectivity index (χ0n) is 10.3. The predicted octanol–water partition coefficient (Wildman–Crippen LogP) is 3.25. The summed E-state index contributed by atoms with van der Waals surface area (Å²) in [7, 11) is 0. The molecule has 1 aliphatic carbocycles. The molecule has 4 rings (SSSR count). The fourth-order valence-electron chi connectivity index (χ4n) is 2.36. The van der Waals surface area contributed by atoms with Gasteiger partial charge in [0.1, 0.15) is 11.5 Å². The Bertz CT molecular complexity index is 708. The van der Waals surface area contributed by atoms with Gasteiger partial charge in [0.15, 0.2) is 0 Å². The molecule has 1 aromatic carbocycles. The average Bonchev–Trinajstić information content (AvgIpc) is 3.11. The Morgan fingerprint density at radius 3 is 2.95 bits per heavy atom. The van der Waals surface area contributed by atoms with E-state index in [1.165, 1.54) is 0 Å². The Balaban J connectivity index is 1.75. The summed E-state index contributed by atoms with van der Waals surface area (Å²) in [5.74, 6) is 1.47. The predicted molar refractivity (Wildman–Crippen MR) is 74.7 cm³/mol. The summed E-state index contributed by atoms with van der Waals surface area (Å²) >= 11 is 0. The van der Waals surface area contributed by atoms with Gasteiger partial charge in [0, 0.05) is 23.3 Å². The van der Waals surface area contributed by atoms with E-state index in [1.807, 2.05) is 36.6 Å². The molecular formula is C15H13N3O. The molecule has 0 radical (unpaired) electrons. The lowest BCUT2D eigenvalue weighted by Gasteiger charge is -1.98. The Morgan fingerprint density at radius 2 is 2.11 bits per heavy atom. The van der Waals surface area contributed by atoms with Gasteiger partial charge in [-0.15, -0.1) is 0 Å². The molecule has 2 aliphatic rings. The third-order valence-electron chi connectivity index (χ3n) is 3.55. The molecule has 94 valence electrons. The van der Waals surface area contributed by atoms with E-state index in [-0.39, 0.29) is 5.88 Å². The monoisotopic (exact) mass is 251 g/mol. The second-order valence-electron chi connectivity index (χ2n) is 5.01. The molecule has 0 saturated heterocycles. The van der Waals surface area contributed by atoms with Crippen molar-refractivity contribution in [2.45, 2.75) is 18.8 Å². The topological polar surface area (TPSA) is 61.3 Å². The van der Waals surface area contributed by atoms with Crippen LogP contribution >= 0.6 is 0 Å². The van der Waals surface area contributed by atoms with Crippen molar-refractivity contribution in [2.24, 2.45) is 4.99 Å². The lowest BCUT2D eigenvalue weighted by Crippen LogP contribution is -1.83. The fourth-order valence-corrected chi connectivity index (χ4v) is 2.36. The average molecular weight is 251 g/mol. The number of aromatic amines is 1. The van der Waals surface area contributed by atoms with Crippen LogP contribution in [0.3, 0.4) is 0 Å². The first-order valence-electron chi connectivity index (χ1n) is 6.45. The van der Waals surface area contributed by atoms with Crippen LogP contribution in [-0.2, 0) is 0 Å². The quantitative estimate of drug-likeness (QED) is 0.860. The molecule has 0 amide bonds. The number of aliphatic imine (C=N–C) groups is 1. The van der Waals surface area contributed by atoms with E-state index in [9.17, 15) is 5.11 Å². The van der Waals surface area contributed by atoms with Crippen molar-refractivity contribution in [1.82, 2.24) is 9.97 Å². The van der Waals surface area contributed by atoms with Crippen LogP contribution in [0, 0.1) is 0 Å². The number of hydrogen-bond acceptors (Lipinski definition) is 3. The Hall–Kier alpha value is -2.36. The second kappa shape index (κ2) is 3.82. The molecular weight excluding hydrogens is 238 g/mol. The SMILES string of the molecule is Oc1nc(C2CC2)[nH]c1/C=C1\C=Nc2ccccc21. The molecule has 0 atom stereocenters. The van der Waals surface area contributed by atoms with E-state index in [2.05, 4.69) is 15.0 Å². The zero-order chi connectivity index (χ0) is 12.8. The highest BCUT2D eigenvalue weighted by Gasteiger charge is 2.27. The first-order chi connectivity index (χ1) is 9.31. The molecule has 2 heterocycles. The Morgan fingerprint density at radius 1 is 1.26 bits per heavy atom. The van der Waals surface area contributed by atoms with E-state index in [4.69, 9.17) is 0 Å². The number of imidazole rings is 1. The zero-order valence-corrected chi connectivity index (χ0v) is 10.3. The maximum atomic E-state index is 9.88. The van der Waals surface area contributed by atoms with Gasteiger partial charge in [0.25, 0.3) is 0 Å². The summed E-state index contributed by atoms with van der Waals surface area (Å²) < 4.78 is 0. The molecule has 1 saturated carbocycles. The molecule has 19 heavy (non-hydrogen) atoms. The lowest BCUT2D eigenvalue weighted by atomic mass is 10.1. The number of hydrogen-bond donors (Lipinski definition) is 2. The molecule has 4 nitrogen and oxygen atoms in total. The smallest absolute Gasteiger partial charge is 0.237 e. The Kier molecular flexibility index (Phi) is 2.12. The van der Waals surface area contributed by atoms with Crippen molar-refractivity contribution in [1.29, 1.82) is 0 Å². The highest BCUT2D eigenvalue weighted by molar-refractivity contribution is 6.21. The maximum absolute atomic E-state index is 9.88. The van der Waals surface area contributed by atoms with Crippen LogP contribution in [0.25, 0.3) is 11.6 Å². The number of H-pyrrole nitrogens is 1. The van der Waals surface area contributed by atoms with Gasteiger partial charge in [-0.2, -0.15) is 4.98 Å². The van der Waals surface area contributed by atoms with Crippen LogP contribution < -0.4 is 0 Å². The molecule has 4 heteroatoms. The summed E-state index contributed by atoms with van der Waals surface area (Å²) in [5.41, 5.74) is 3.72. The fraction of sp³-hybridized carbons (Fsp3) is 0.200. The van der Waals surface area contributed by atoms with Crippen LogP contribution in [0.2, 0.25) is 0 Å². The number of nitrogens with zero attached hydrogens (tertiary/aromatic N) is 2. The normalized spacial score (nSPS) is 19.1. The second-order valence-corrected chi connectivity index (χ2v) is 5.01. The minimum absolute atomic E-state index is 0.0761. The van der Waals surface area contributed by atoms with E-state index in [0.717, 1.165) is 35.5 Å². The lowest BCUT2D eigenvalue weighted by molar-refractivity contribution is 0.454. The number of nitrogens with one attached hydrogen (secondary N) is 1. The number of benzene rings is 1. The number of aromatic hydroxyl groups is 1. The summed E-state index contributed by atoms with van der Waals surface area (Å²) in [6, 6.07) is 7.97. The Labute approximate surface area is 110 Å². The van der Waals surface area contributed by atoms with Gasteiger partial charge in [0.2, 0.25) is 5.88 Å². The first-order valence-corrected chi connectivity index (χ1v) is 6.45. The molecule has 1 fully saturated rings. The van der Waals surface area contributed by atoms with Gasteiger partial charge in [-0.05, 0) is 25.0 Å². The third kappa shape index (κ3) is 1.76. The number of para-hydroxylation sites is 1. The van der Waals surface area contributed by atoms with Gasteiger partial charge in [-0.3, -0.25) is 4.99 Å². The van der Waals surface area contributed by atoms with Crippen molar-refractivity contribution < 1.29 is 5.11 Å².